The molecular weight excluding hydrogens is 307 g/mol. The number of anilines is 1. The number of hydrogen-bond donors (Lipinski definition) is 2. The van der Waals surface area contributed by atoms with Gasteiger partial charge < -0.3 is 10.6 Å². The lowest BCUT2D eigenvalue weighted by Crippen LogP contribution is -2.28. The number of rotatable bonds is 5. The number of nitrogens with zero attached hydrogens (tertiary/aromatic N) is 2. The Morgan fingerprint density at radius 1 is 1.45 bits per heavy atom. The highest BCUT2D eigenvalue weighted by molar-refractivity contribution is 5.92. The minimum atomic E-state index is -0.433. The maximum Gasteiger partial charge on any atom is 0.228 e. The predicted molar refractivity (Wildman–Crippen MR) is 87.2 cm³/mol. The smallest absolute Gasteiger partial charge is 0.228 e. The maximum atomic E-state index is 14.1. The first kappa shape index (κ1) is 18.1. The Labute approximate surface area is 135 Å². The van der Waals surface area contributed by atoms with Crippen LogP contribution in [0.5, 0.6) is 0 Å². The molecule has 22 heavy (non-hydrogen) atoms. The number of hydrogen-bond acceptors (Lipinski definition) is 3. The lowest BCUT2D eigenvalue weighted by atomic mass is 10.1. The van der Waals surface area contributed by atoms with Gasteiger partial charge in [-0.1, -0.05) is 6.92 Å². The lowest BCUT2D eigenvalue weighted by molar-refractivity contribution is -0.119. The van der Waals surface area contributed by atoms with E-state index in [2.05, 4.69) is 15.7 Å². The van der Waals surface area contributed by atoms with E-state index in [4.69, 9.17) is 0 Å². The molecule has 7 heteroatoms. The van der Waals surface area contributed by atoms with Crippen LogP contribution in [0.3, 0.4) is 0 Å². The van der Waals surface area contributed by atoms with Gasteiger partial charge in [0.25, 0.3) is 0 Å². The van der Waals surface area contributed by atoms with E-state index in [0.29, 0.717) is 17.9 Å². The Morgan fingerprint density at radius 3 is 2.73 bits per heavy atom. The molecule has 0 bridgehead atoms. The minimum Gasteiger partial charge on any atom is -0.326 e. The molecule has 0 fully saturated rings. The summed E-state index contributed by atoms with van der Waals surface area (Å²) in [5.74, 6) is -0.768. The number of amides is 1. The van der Waals surface area contributed by atoms with Gasteiger partial charge in [-0.3, -0.25) is 4.79 Å². The van der Waals surface area contributed by atoms with E-state index in [-0.39, 0.29) is 24.2 Å². The molecule has 1 aromatic carbocycles. The number of carbonyl (C=O) groups excluding carboxylic acids is 1. The number of nitrogens with one attached hydrogen (secondary N) is 2. The number of aromatic nitrogens is 2. The molecule has 0 aliphatic carbocycles. The van der Waals surface area contributed by atoms with Gasteiger partial charge in [-0.15, -0.1) is 12.4 Å². The normalized spacial score (nSPS) is 11.6. The summed E-state index contributed by atoms with van der Waals surface area (Å²) in [6, 6.07) is 4.57. The molecule has 1 unspecified atom stereocenters. The first-order valence-corrected chi connectivity index (χ1v) is 6.78. The van der Waals surface area contributed by atoms with Crippen LogP contribution in [-0.2, 0) is 4.79 Å². The van der Waals surface area contributed by atoms with Gasteiger partial charge in [-0.2, -0.15) is 5.10 Å². The fourth-order valence-corrected chi connectivity index (χ4v) is 1.98. The topological polar surface area (TPSA) is 59.0 Å². The second-order valence-electron chi connectivity index (χ2n) is 5.08. The van der Waals surface area contributed by atoms with E-state index in [1.165, 1.54) is 10.7 Å². The summed E-state index contributed by atoms with van der Waals surface area (Å²) in [6.07, 6.45) is 3.40. The zero-order chi connectivity index (χ0) is 15.4. The van der Waals surface area contributed by atoms with Crippen LogP contribution in [-0.4, -0.2) is 29.3 Å². The molecule has 2 N–H and O–H groups in total. The summed E-state index contributed by atoms with van der Waals surface area (Å²) < 4.78 is 15.6. The second kappa shape index (κ2) is 7.91. The number of aryl methyl sites for hydroxylation is 1. The third-order valence-electron chi connectivity index (χ3n) is 3.13. The average molecular weight is 327 g/mol. The average Bonchev–Trinajstić information content (AvgIpc) is 2.85. The van der Waals surface area contributed by atoms with Crippen LogP contribution in [0.2, 0.25) is 0 Å². The van der Waals surface area contributed by atoms with Crippen molar-refractivity contribution in [3.05, 3.63) is 42.0 Å². The van der Waals surface area contributed by atoms with Crippen LogP contribution in [0, 0.1) is 18.7 Å². The summed E-state index contributed by atoms with van der Waals surface area (Å²) in [6.45, 7) is 4.27. The van der Waals surface area contributed by atoms with Crippen LogP contribution in [0.1, 0.15) is 12.5 Å². The zero-order valence-corrected chi connectivity index (χ0v) is 13.6. The fourth-order valence-electron chi connectivity index (χ4n) is 1.98. The summed E-state index contributed by atoms with van der Waals surface area (Å²) in [7, 11) is 1.78. The highest BCUT2D eigenvalue weighted by Crippen LogP contribution is 2.18. The van der Waals surface area contributed by atoms with Crippen LogP contribution in [0.25, 0.3) is 5.69 Å². The molecule has 1 amide bonds. The van der Waals surface area contributed by atoms with Crippen molar-refractivity contribution in [3.63, 3.8) is 0 Å². The van der Waals surface area contributed by atoms with Crippen molar-refractivity contribution in [2.24, 2.45) is 5.92 Å². The molecule has 0 aliphatic heterocycles. The second-order valence-corrected chi connectivity index (χ2v) is 5.08. The summed E-state index contributed by atoms with van der Waals surface area (Å²) in [4.78, 5) is 11.9. The summed E-state index contributed by atoms with van der Waals surface area (Å²) >= 11 is 0. The van der Waals surface area contributed by atoms with Gasteiger partial charge in [0.1, 0.15) is 5.69 Å². The van der Waals surface area contributed by atoms with E-state index in [0.717, 1.165) is 5.56 Å². The van der Waals surface area contributed by atoms with Gasteiger partial charge >= 0.3 is 0 Å². The van der Waals surface area contributed by atoms with Crippen molar-refractivity contribution < 1.29 is 9.18 Å². The molecule has 1 aromatic heterocycles. The number of halogens is 2. The van der Waals surface area contributed by atoms with Crippen molar-refractivity contribution in [3.8, 4) is 5.69 Å². The standard InChI is InChI=1S/C15H19FN4O.ClH/c1-10-7-18-20(9-10)14-5-4-12(6-13(14)16)19-15(21)11(2)8-17-3;/h4-7,9,11,17H,8H2,1-3H3,(H,19,21);1H. The molecule has 0 spiro atoms. The van der Waals surface area contributed by atoms with Crippen molar-refractivity contribution in [2.75, 3.05) is 18.9 Å². The molecule has 0 saturated carbocycles. The molecule has 1 atom stereocenters. The number of carbonyl (C=O) groups is 1. The Balaban J connectivity index is 0.00000242. The molecule has 5 nitrogen and oxygen atoms in total. The first-order chi connectivity index (χ1) is 10.0. The van der Waals surface area contributed by atoms with Crippen LogP contribution < -0.4 is 10.6 Å². The van der Waals surface area contributed by atoms with Crippen molar-refractivity contribution >= 4 is 24.0 Å². The third-order valence-corrected chi connectivity index (χ3v) is 3.13. The molecule has 0 radical (unpaired) electrons. The monoisotopic (exact) mass is 326 g/mol. The van der Waals surface area contributed by atoms with E-state index < -0.39 is 5.82 Å². The molecule has 0 aliphatic rings. The molecule has 120 valence electrons. The van der Waals surface area contributed by atoms with Gasteiger partial charge in [-0.25, -0.2) is 9.07 Å². The summed E-state index contributed by atoms with van der Waals surface area (Å²) in [5.41, 5.74) is 1.74. The zero-order valence-electron chi connectivity index (χ0n) is 12.8. The van der Waals surface area contributed by atoms with Gasteiger partial charge in [0.15, 0.2) is 5.82 Å². The van der Waals surface area contributed by atoms with Gasteiger partial charge in [-0.05, 0) is 37.7 Å². The number of benzene rings is 1. The molecule has 1 heterocycles. The van der Waals surface area contributed by atoms with Crippen molar-refractivity contribution in [2.45, 2.75) is 13.8 Å². The van der Waals surface area contributed by atoms with E-state index in [1.54, 1.807) is 31.6 Å². The molecule has 0 saturated heterocycles. The Kier molecular flexibility index (Phi) is 6.52. The van der Waals surface area contributed by atoms with Gasteiger partial charge in [0, 0.05) is 24.3 Å². The predicted octanol–water partition coefficient (Wildman–Crippen LogP) is 2.54. The van der Waals surface area contributed by atoms with Gasteiger partial charge in [0.2, 0.25) is 5.91 Å². The highest BCUT2D eigenvalue weighted by Gasteiger charge is 2.13. The molecular formula is C15H20ClFN4O. The van der Waals surface area contributed by atoms with Crippen LogP contribution >= 0.6 is 12.4 Å². The van der Waals surface area contributed by atoms with E-state index in [1.807, 2.05) is 13.8 Å². The van der Waals surface area contributed by atoms with Crippen LogP contribution in [0.15, 0.2) is 30.6 Å². The SMILES string of the molecule is CNCC(C)C(=O)Nc1ccc(-n2cc(C)cn2)c(F)c1.Cl. The maximum absolute atomic E-state index is 14.1. The largest absolute Gasteiger partial charge is 0.326 e. The highest BCUT2D eigenvalue weighted by atomic mass is 35.5. The van der Waals surface area contributed by atoms with Crippen molar-refractivity contribution in [1.82, 2.24) is 15.1 Å². The molecule has 2 aromatic rings. The van der Waals surface area contributed by atoms with Gasteiger partial charge in [0.05, 0.1) is 6.20 Å². The summed E-state index contributed by atoms with van der Waals surface area (Å²) in [5, 5.41) is 9.71. The third kappa shape index (κ3) is 4.29. The minimum absolute atomic E-state index is 0. The van der Waals surface area contributed by atoms with Crippen molar-refractivity contribution in [1.29, 1.82) is 0 Å². The van der Waals surface area contributed by atoms with Crippen LogP contribution in [0.4, 0.5) is 10.1 Å². The fraction of sp³-hybridized carbons (Fsp3) is 0.333. The quantitative estimate of drug-likeness (QED) is 0.887. The first-order valence-electron chi connectivity index (χ1n) is 6.78. The molecule has 2 rings (SSSR count). The van der Waals surface area contributed by atoms with E-state index in [9.17, 15) is 9.18 Å². The Hall–Kier alpha value is -1.92. The lowest BCUT2D eigenvalue weighted by Gasteiger charge is -2.12. The Bertz CT molecular complexity index is 644. The Morgan fingerprint density at radius 2 is 2.18 bits per heavy atom. The van der Waals surface area contributed by atoms with E-state index >= 15 is 0 Å².